The lowest BCUT2D eigenvalue weighted by atomic mass is 10.1. The van der Waals surface area contributed by atoms with Gasteiger partial charge in [-0.1, -0.05) is 31.5 Å². The van der Waals surface area contributed by atoms with Crippen molar-refractivity contribution in [1.82, 2.24) is 0 Å². The Morgan fingerprint density at radius 1 is 1.12 bits per heavy atom. The Balaban J connectivity index is 2.26. The summed E-state index contributed by atoms with van der Waals surface area (Å²) in [6.45, 7) is 6.75. The summed E-state index contributed by atoms with van der Waals surface area (Å²) in [6.07, 6.45) is 1.49. The largest absolute Gasteiger partial charge is 0.491 e. The molecule has 0 amide bonds. The van der Waals surface area contributed by atoms with Crippen LogP contribution in [-0.4, -0.2) is 17.8 Å². The lowest BCUT2D eigenvalue weighted by molar-refractivity contribution is 0.0950. The van der Waals surface area contributed by atoms with Gasteiger partial charge in [0.2, 0.25) is 0 Å². The first-order chi connectivity index (χ1) is 7.58. The van der Waals surface area contributed by atoms with Crippen LogP contribution in [-0.2, 0) is 0 Å². The molecule has 1 atom stereocenters. The van der Waals surface area contributed by atoms with Crippen molar-refractivity contribution in [1.29, 1.82) is 0 Å². The van der Waals surface area contributed by atoms with Gasteiger partial charge in [0.1, 0.15) is 12.4 Å². The van der Waals surface area contributed by atoms with Crippen molar-refractivity contribution in [3.63, 3.8) is 0 Å². The summed E-state index contributed by atoms with van der Waals surface area (Å²) in [5.74, 6) is 1.46. The maximum Gasteiger partial charge on any atom is 0.119 e. The molecular weight excluding hydrogens is 200 g/mol. The van der Waals surface area contributed by atoms with E-state index >= 15 is 0 Å². The van der Waals surface area contributed by atoms with Crippen LogP contribution >= 0.6 is 0 Å². The monoisotopic (exact) mass is 222 g/mol. The van der Waals surface area contributed by atoms with Gasteiger partial charge in [0.25, 0.3) is 0 Å². The molecule has 0 aliphatic carbocycles. The first kappa shape index (κ1) is 13.0. The van der Waals surface area contributed by atoms with Crippen LogP contribution in [0.2, 0.25) is 0 Å². The topological polar surface area (TPSA) is 29.5 Å². The molecule has 0 aliphatic rings. The quantitative estimate of drug-likeness (QED) is 0.801. The molecular formula is C14H22O2. The van der Waals surface area contributed by atoms with Crippen molar-refractivity contribution in [2.24, 2.45) is 5.92 Å². The highest BCUT2D eigenvalue weighted by molar-refractivity contribution is 5.26. The molecule has 0 radical (unpaired) electrons. The van der Waals surface area contributed by atoms with E-state index in [1.54, 1.807) is 0 Å². The molecule has 0 fully saturated rings. The fourth-order valence-corrected chi connectivity index (χ4v) is 1.44. The number of rotatable bonds is 6. The minimum Gasteiger partial charge on any atom is -0.491 e. The van der Waals surface area contributed by atoms with E-state index < -0.39 is 0 Å². The number of ether oxygens (including phenoxy) is 1. The molecule has 1 aromatic rings. The zero-order valence-electron chi connectivity index (χ0n) is 10.4. The van der Waals surface area contributed by atoms with E-state index in [0.717, 1.165) is 18.6 Å². The SMILES string of the molecule is Cc1ccc(OC[C@@H](O)CCC(C)C)cc1. The summed E-state index contributed by atoms with van der Waals surface area (Å²) in [5.41, 5.74) is 1.22. The summed E-state index contributed by atoms with van der Waals surface area (Å²) in [7, 11) is 0. The second-order valence-electron chi connectivity index (χ2n) is 4.75. The van der Waals surface area contributed by atoms with Gasteiger partial charge in [0.15, 0.2) is 0 Å². The highest BCUT2D eigenvalue weighted by atomic mass is 16.5. The van der Waals surface area contributed by atoms with Gasteiger partial charge < -0.3 is 9.84 Å². The Morgan fingerprint density at radius 2 is 1.75 bits per heavy atom. The Bertz CT molecular complexity index is 290. The number of hydrogen-bond donors (Lipinski definition) is 1. The van der Waals surface area contributed by atoms with Crippen molar-refractivity contribution in [2.75, 3.05) is 6.61 Å². The Kier molecular flexibility index (Phi) is 5.33. The number of hydrogen-bond acceptors (Lipinski definition) is 2. The van der Waals surface area contributed by atoms with Crippen molar-refractivity contribution in [2.45, 2.75) is 39.7 Å². The second-order valence-corrected chi connectivity index (χ2v) is 4.75. The molecule has 0 aliphatic heterocycles. The van der Waals surface area contributed by atoms with Crippen molar-refractivity contribution in [3.05, 3.63) is 29.8 Å². The minimum absolute atomic E-state index is 0.358. The van der Waals surface area contributed by atoms with Gasteiger partial charge >= 0.3 is 0 Å². The van der Waals surface area contributed by atoms with Gasteiger partial charge in [-0.2, -0.15) is 0 Å². The van der Waals surface area contributed by atoms with Crippen LogP contribution in [0.1, 0.15) is 32.3 Å². The van der Waals surface area contributed by atoms with E-state index in [2.05, 4.69) is 13.8 Å². The van der Waals surface area contributed by atoms with Gasteiger partial charge in [0, 0.05) is 0 Å². The van der Waals surface area contributed by atoms with E-state index in [-0.39, 0.29) is 6.10 Å². The van der Waals surface area contributed by atoms with Crippen LogP contribution in [0.5, 0.6) is 5.75 Å². The van der Waals surface area contributed by atoms with Gasteiger partial charge in [0.05, 0.1) is 6.10 Å². The molecule has 2 heteroatoms. The molecule has 0 saturated carbocycles. The molecule has 1 N–H and O–H groups in total. The highest BCUT2D eigenvalue weighted by Crippen LogP contribution is 2.13. The van der Waals surface area contributed by atoms with E-state index in [4.69, 9.17) is 4.74 Å². The van der Waals surface area contributed by atoms with Crippen LogP contribution in [0.4, 0.5) is 0 Å². The fraction of sp³-hybridized carbons (Fsp3) is 0.571. The molecule has 1 aromatic carbocycles. The maximum atomic E-state index is 9.69. The van der Waals surface area contributed by atoms with E-state index in [1.807, 2.05) is 31.2 Å². The predicted molar refractivity (Wildman–Crippen MR) is 66.8 cm³/mol. The summed E-state index contributed by atoms with van der Waals surface area (Å²) in [4.78, 5) is 0. The molecule has 1 rings (SSSR count). The first-order valence-electron chi connectivity index (χ1n) is 5.95. The average molecular weight is 222 g/mol. The molecule has 0 bridgehead atoms. The van der Waals surface area contributed by atoms with Crippen LogP contribution < -0.4 is 4.74 Å². The Morgan fingerprint density at radius 3 is 2.31 bits per heavy atom. The summed E-state index contributed by atoms with van der Waals surface area (Å²) >= 11 is 0. The lowest BCUT2D eigenvalue weighted by Crippen LogP contribution is -2.18. The minimum atomic E-state index is -0.358. The van der Waals surface area contributed by atoms with Crippen molar-refractivity contribution in [3.8, 4) is 5.75 Å². The lowest BCUT2D eigenvalue weighted by Gasteiger charge is -2.13. The first-order valence-corrected chi connectivity index (χ1v) is 5.95. The smallest absolute Gasteiger partial charge is 0.119 e. The summed E-state index contributed by atoms with van der Waals surface area (Å²) < 4.78 is 5.51. The van der Waals surface area contributed by atoms with E-state index in [0.29, 0.717) is 12.5 Å². The zero-order chi connectivity index (χ0) is 12.0. The molecule has 0 saturated heterocycles. The van der Waals surface area contributed by atoms with Crippen molar-refractivity contribution >= 4 is 0 Å². The summed E-state index contributed by atoms with van der Waals surface area (Å²) in [6, 6.07) is 7.89. The Hall–Kier alpha value is -1.02. The fourth-order valence-electron chi connectivity index (χ4n) is 1.44. The molecule has 2 nitrogen and oxygen atoms in total. The number of aliphatic hydroxyl groups is 1. The molecule has 0 unspecified atom stereocenters. The number of aliphatic hydroxyl groups excluding tert-OH is 1. The summed E-state index contributed by atoms with van der Waals surface area (Å²) in [5, 5.41) is 9.69. The van der Waals surface area contributed by atoms with E-state index in [1.165, 1.54) is 5.56 Å². The number of benzene rings is 1. The second kappa shape index (κ2) is 6.54. The van der Waals surface area contributed by atoms with Gasteiger partial charge in [-0.05, 0) is 37.8 Å². The van der Waals surface area contributed by atoms with Gasteiger partial charge in [-0.3, -0.25) is 0 Å². The standard InChI is InChI=1S/C14H22O2/c1-11(2)4-7-13(15)10-16-14-8-5-12(3)6-9-14/h5-6,8-9,11,13,15H,4,7,10H2,1-3H3/t13-/m0/s1. The van der Waals surface area contributed by atoms with Gasteiger partial charge in [-0.15, -0.1) is 0 Å². The molecule has 0 heterocycles. The maximum absolute atomic E-state index is 9.69. The highest BCUT2D eigenvalue weighted by Gasteiger charge is 2.06. The van der Waals surface area contributed by atoms with Crippen LogP contribution in [0, 0.1) is 12.8 Å². The number of aryl methyl sites for hydroxylation is 1. The zero-order valence-corrected chi connectivity index (χ0v) is 10.4. The third-order valence-corrected chi connectivity index (χ3v) is 2.54. The average Bonchev–Trinajstić information content (AvgIpc) is 2.25. The molecule has 0 spiro atoms. The third-order valence-electron chi connectivity index (χ3n) is 2.54. The van der Waals surface area contributed by atoms with Crippen molar-refractivity contribution < 1.29 is 9.84 Å². The Labute approximate surface area is 98.3 Å². The third kappa shape index (κ3) is 5.17. The molecule has 0 aromatic heterocycles. The predicted octanol–water partition coefficient (Wildman–Crippen LogP) is 3.17. The normalized spacial score (nSPS) is 12.8. The molecule has 16 heavy (non-hydrogen) atoms. The molecule has 90 valence electrons. The van der Waals surface area contributed by atoms with Crippen LogP contribution in [0.25, 0.3) is 0 Å². The van der Waals surface area contributed by atoms with Gasteiger partial charge in [-0.25, -0.2) is 0 Å². The van der Waals surface area contributed by atoms with E-state index in [9.17, 15) is 5.11 Å². The van der Waals surface area contributed by atoms with Crippen LogP contribution in [0.15, 0.2) is 24.3 Å². The van der Waals surface area contributed by atoms with Crippen LogP contribution in [0.3, 0.4) is 0 Å².